The first-order chi connectivity index (χ1) is 12.1. The summed E-state index contributed by atoms with van der Waals surface area (Å²) in [5.74, 6) is 2.64. The van der Waals surface area contributed by atoms with E-state index in [4.69, 9.17) is 10.5 Å². The standard InChI is InChI=1S/C18H30N6O/c1-13(2)25-17-11-16(20-18(19)21-17)24-9-7-23(8-10-24)15-12-22-5-3-14(15)4-6-22/h11,13-15H,3-10,12H2,1-2H3,(H2,19,20,21)/t15-/m1/s1. The molecule has 1 atom stereocenters. The summed E-state index contributed by atoms with van der Waals surface area (Å²) >= 11 is 0. The van der Waals surface area contributed by atoms with Gasteiger partial charge in [-0.2, -0.15) is 9.97 Å². The van der Waals surface area contributed by atoms with Gasteiger partial charge in [-0.25, -0.2) is 0 Å². The molecular formula is C18H30N6O. The Bertz CT molecular complexity index is 593. The normalized spacial score (nSPS) is 30.0. The highest BCUT2D eigenvalue weighted by Gasteiger charge is 2.38. The summed E-state index contributed by atoms with van der Waals surface area (Å²) in [7, 11) is 0. The van der Waals surface area contributed by atoms with Crippen LogP contribution in [-0.4, -0.2) is 77.7 Å². The maximum Gasteiger partial charge on any atom is 0.225 e. The quantitative estimate of drug-likeness (QED) is 0.874. The Morgan fingerprint density at radius 3 is 2.40 bits per heavy atom. The van der Waals surface area contributed by atoms with Crippen LogP contribution in [0.3, 0.4) is 0 Å². The number of hydrogen-bond donors (Lipinski definition) is 1. The maximum absolute atomic E-state index is 5.88. The zero-order chi connectivity index (χ0) is 17.4. The summed E-state index contributed by atoms with van der Waals surface area (Å²) in [5.41, 5.74) is 5.88. The van der Waals surface area contributed by atoms with Gasteiger partial charge >= 0.3 is 0 Å². The van der Waals surface area contributed by atoms with Gasteiger partial charge in [0.2, 0.25) is 11.8 Å². The summed E-state index contributed by atoms with van der Waals surface area (Å²) in [5, 5.41) is 0. The van der Waals surface area contributed by atoms with Gasteiger partial charge in [0, 0.05) is 44.8 Å². The molecule has 0 aromatic carbocycles. The van der Waals surface area contributed by atoms with Gasteiger partial charge < -0.3 is 20.3 Å². The van der Waals surface area contributed by atoms with E-state index in [1.165, 1.54) is 32.5 Å². The number of piperidine rings is 3. The number of aromatic nitrogens is 2. The molecule has 4 fully saturated rings. The molecule has 0 amide bonds. The highest BCUT2D eigenvalue weighted by Crippen LogP contribution is 2.32. The molecule has 2 N–H and O–H groups in total. The highest BCUT2D eigenvalue weighted by molar-refractivity contribution is 5.46. The fourth-order valence-electron chi connectivity index (χ4n) is 4.52. The predicted molar refractivity (Wildman–Crippen MR) is 98.9 cm³/mol. The Balaban J connectivity index is 1.39. The minimum atomic E-state index is 0.0794. The van der Waals surface area contributed by atoms with Gasteiger partial charge in [-0.05, 0) is 45.7 Å². The fourth-order valence-corrected chi connectivity index (χ4v) is 4.52. The third-order valence-corrected chi connectivity index (χ3v) is 5.79. The minimum absolute atomic E-state index is 0.0794. The van der Waals surface area contributed by atoms with Crippen molar-refractivity contribution in [3.05, 3.63) is 6.07 Å². The number of piperazine rings is 1. The first-order valence-corrected chi connectivity index (χ1v) is 9.61. The van der Waals surface area contributed by atoms with Gasteiger partial charge in [-0.15, -0.1) is 0 Å². The van der Waals surface area contributed by atoms with E-state index in [1.54, 1.807) is 0 Å². The van der Waals surface area contributed by atoms with Crippen LogP contribution in [0.15, 0.2) is 6.07 Å². The van der Waals surface area contributed by atoms with Crippen molar-refractivity contribution in [2.75, 3.05) is 56.4 Å². The van der Waals surface area contributed by atoms with Crippen molar-refractivity contribution in [1.82, 2.24) is 19.8 Å². The molecule has 25 heavy (non-hydrogen) atoms. The Kier molecular flexibility index (Phi) is 4.69. The molecule has 4 saturated heterocycles. The van der Waals surface area contributed by atoms with Crippen LogP contribution >= 0.6 is 0 Å². The molecule has 0 aliphatic carbocycles. The van der Waals surface area contributed by atoms with E-state index in [0.717, 1.165) is 44.0 Å². The summed E-state index contributed by atoms with van der Waals surface area (Å²) in [6, 6.07) is 2.67. The molecule has 7 nitrogen and oxygen atoms in total. The summed E-state index contributed by atoms with van der Waals surface area (Å²) < 4.78 is 5.70. The lowest BCUT2D eigenvalue weighted by Crippen LogP contribution is -2.61. The van der Waals surface area contributed by atoms with Crippen molar-refractivity contribution in [1.29, 1.82) is 0 Å². The highest BCUT2D eigenvalue weighted by atomic mass is 16.5. The number of anilines is 2. The van der Waals surface area contributed by atoms with Crippen LogP contribution in [0.2, 0.25) is 0 Å². The van der Waals surface area contributed by atoms with Gasteiger partial charge in [-0.3, -0.25) is 4.90 Å². The summed E-state index contributed by atoms with van der Waals surface area (Å²) in [6.07, 6.45) is 2.84. The summed E-state index contributed by atoms with van der Waals surface area (Å²) in [6.45, 7) is 12.0. The molecule has 0 unspecified atom stereocenters. The maximum atomic E-state index is 5.88. The number of hydrogen-bond acceptors (Lipinski definition) is 7. The smallest absolute Gasteiger partial charge is 0.225 e. The molecule has 5 rings (SSSR count). The predicted octanol–water partition coefficient (Wildman–Crippen LogP) is 1.06. The van der Waals surface area contributed by atoms with E-state index >= 15 is 0 Å². The molecule has 0 saturated carbocycles. The van der Waals surface area contributed by atoms with Gasteiger partial charge in [-0.1, -0.05) is 0 Å². The first kappa shape index (κ1) is 16.8. The molecule has 138 valence electrons. The molecule has 4 aliphatic heterocycles. The third-order valence-electron chi connectivity index (χ3n) is 5.79. The van der Waals surface area contributed by atoms with E-state index in [1.807, 2.05) is 19.9 Å². The minimum Gasteiger partial charge on any atom is -0.475 e. The van der Waals surface area contributed by atoms with E-state index in [9.17, 15) is 0 Å². The van der Waals surface area contributed by atoms with Crippen molar-refractivity contribution in [2.45, 2.75) is 38.8 Å². The van der Waals surface area contributed by atoms with Crippen LogP contribution in [-0.2, 0) is 0 Å². The lowest BCUT2D eigenvalue weighted by molar-refractivity contribution is 0.00306. The van der Waals surface area contributed by atoms with Crippen molar-refractivity contribution in [3.8, 4) is 5.88 Å². The molecule has 7 heteroatoms. The lowest BCUT2D eigenvalue weighted by atomic mass is 9.83. The second-order valence-electron chi connectivity index (χ2n) is 7.82. The molecule has 5 heterocycles. The number of nitrogen functional groups attached to an aromatic ring is 1. The number of fused-ring (bicyclic) bond motifs is 3. The molecule has 0 radical (unpaired) electrons. The number of rotatable bonds is 4. The Labute approximate surface area is 150 Å². The lowest BCUT2D eigenvalue weighted by Gasteiger charge is -2.51. The zero-order valence-corrected chi connectivity index (χ0v) is 15.4. The van der Waals surface area contributed by atoms with Gasteiger partial charge in [0.15, 0.2) is 0 Å². The van der Waals surface area contributed by atoms with E-state index < -0.39 is 0 Å². The van der Waals surface area contributed by atoms with Crippen LogP contribution in [0.4, 0.5) is 11.8 Å². The first-order valence-electron chi connectivity index (χ1n) is 9.61. The number of ether oxygens (including phenoxy) is 1. The average molecular weight is 346 g/mol. The fraction of sp³-hybridized carbons (Fsp3) is 0.778. The monoisotopic (exact) mass is 346 g/mol. The topological polar surface area (TPSA) is 70.8 Å². The van der Waals surface area contributed by atoms with Crippen molar-refractivity contribution < 1.29 is 4.74 Å². The average Bonchev–Trinajstić information content (AvgIpc) is 2.62. The Hall–Kier alpha value is -1.60. The summed E-state index contributed by atoms with van der Waals surface area (Å²) in [4.78, 5) is 16.3. The van der Waals surface area contributed by atoms with Crippen LogP contribution in [0.1, 0.15) is 26.7 Å². The SMILES string of the molecule is CC(C)Oc1cc(N2CCN([C@@H]3CN4CCC3CC4)CC2)nc(N)n1. The van der Waals surface area contributed by atoms with Gasteiger partial charge in [0.25, 0.3) is 0 Å². The second kappa shape index (κ2) is 6.96. The van der Waals surface area contributed by atoms with E-state index in [0.29, 0.717) is 5.88 Å². The van der Waals surface area contributed by atoms with Crippen LogP contribution in [0.5, 0.6) is 5.88 Å². The van der Waals surface area contributed by atoms with Gasteiger partial charge in [0.1, 0.15) is 5.82 Å². The number of nitrogens with zero attached hydrogens (tertiary/aromatic N) is 5. The second-order valence-corrected chi connectivity index (χ2v) is 7.82. The Morgan fingerprint density at radius 2 is 1.80 bits per heavy atom. The van der Waals surface area contributed by atoms with Crippen LogP contribution in [0.25, 0.3) is 0 Å². The van der Waals surface area contributed by atoms with E-state index in [2.05, 4.69) is 24.7 Å². The number of nitrogens with two attached hydrogens (primary N) is 1. The molecule has 2 bridgehead atoms. The molecule has 4 aliphatic rings. The van der Waals surface area contributed by atoms with Crippen molar-refractivity contribution >= 4 is 11.8 Å². The zero-order valence-electron chi connectivity index (χ0n) is 15.4. The van der Waals surface area contributed by atoms with Crippen molar-refractivity contribution in [2.24, 2.45) is 5.92 Å². The van der Waals surface area contributed by atoms with Crippen LogP contribution < -0.4 is 15.4 Å². The van der Waals surface area contributed by atoms with Crippen LogP contribution in [0, 0.1) is 5.92 Å². The van der Waals surface area contributed by atoms with Crippen molar-refractivity contribution in [3.63, 3.8) is 0 Å². The molecule has 1 aromatic heterocycles. The van der Waals surface area contributed by atoms with Gasteiger partial charge in [0.05, 0.1) is 6.10 Å². The molecule has 1 aromatic rings. The molecule has 0 spiro atoms. The third kappa shape index (κ3) is 3.67. The Morgan fingerprint density at radius 1 is 1.08 bits per heavy atom. The largest absolute Gasteiger partial charge is 0.475 e. The molecular weight excluding hydrogens is 316 g/mol. The van der Waals surface area contributed by atoms with E-state index in [-0.39, 0.29) is 12.1 Å².